The first-order valence-electron chi connectivity index (χ1n) is 5.40. The summed E-state index contributed by atoms with van der Waals surface area (Å²) in [6, 6.07) is 0. The van der Waals surface area contributed by atoms with Crippen LogP contribution in [0.15, 0.2) is 0 Å². The van der Waals surface area contributed by atoms with E-state index in [1.807, 2.05) is 20.8 Å². The lowest BCUT2D eigenvalue weighted by Crippen LogP contribution is -2.54. The molecule has 0 atom stereocenters. The van der Waals surface area contributed by atoms with Crippen molar-refractivity contribution in [2.75, 3.05) is 13.2 Å². The summed E-state index contributed by atoms with van der Waals surface area (Å²) in [5.74, 6) is -0.121. The predicted molar refractivity (Wildman–Crippen MR) is 55.3 cm³/mol. The van der Waals surface area contributed by atoms with Crippen LogP contribution in [0.25, 0.3) is 0 Å². The molecule has 4 heteroatoms. The lowest BCUT2D eigenvalue weighted by molar-refractivity contribution is -0.172. The zero-order valence-electron chi connectivity index (χ0n) is 9.59. The molecule has 2 heterocycles. The van der Waals surface area contributed by atoms with E-state index in [2.05, 4.69) is 5.32 Å². The van der Waals surface area contributed by atoms with E-state index in [0.29, 0.717) is 19.4 Å². The van der Waals surface area contributed by atoms with E-state index in [4.69, 9.17) is 4.74 Å². The minimum atomic E-state index is -0.425. The van der Waals surface area contributed by atoms with E-state index in [1.54, 1.807) is 0 Å². The number of nitrogens with one attached hydrogen (secondary N) is 1. The van der Waals surface area contributed by atoms with Gasteiger partial charge in [0.2, 0.25) is 0 Å². The van der Waals surface area contributed by atoms with E-state index < -0.39 is 5.60 Å². The highest BCUT2D eigenvalue weighted by Crippen LogP contribution is 2.54. The average Bonchev–Trinajstić information content (AvgIpc) is 2.54. The van der Waals surface area contributed by atoms with Crippen LogP contribution >= 0.6 is 0 Å². The van der Waals surface area contributed by atoms with Gasteiger partial charge in [0.1, 0.15) is 5.60 Å². The molecule has 3 rings (SSSR count). The van der Waals surface area contributed by atoms with Gasteiger partial charge in [-0.2, -0.15) is 0 Å². The Hall–Kier alpha value is -0.610. The van der Waals surface area contributed by atoms with E-state index in [9.17, 15) is 9.90 Å². The Labute approximate surface area is 90.0 Å². The Kier molecular flexibility index (Phi) is 2.14. The zero-order chi connectivity index (χ0) is 11.3. The van der Waals surface area contributed by atoms with Crippen LogP contribution in [0.2, 0.25) is 0 Å². The van der Waals surface area contributed by atoms with Gasteiger partial charge >= 0.3 is 5.97 Å². The highest BCUT2D eigenvalue weighted by molar-refractivity contribution is 5.80. The molecule has 0 amide bonds. The van der Waals surface area contributed by atoms with Crippen LogP contribution in [-0.4, -0.2) is 35.4 Å². The second-order valence-electron chi connectivity index (χ2n) is 5.93. The SMILES string of the molecule is CC(C)(C)OC(=O)C12CNC(CO)(C1)C2. The maximum Gasteiger partial charge on any atom is 0.314 e. The van der Waals surface area contributed by atoms with Crippen molar-refractivity contribution in [2.45, 2.75) is 44.8 Å². The predicted octanol–water partition coefficient (Wildman–Crippen LogP) is 0.443. The first-order valence-corrected chi connectivity index (χ1v) is 5.40. The summed E-state index contributed by atoms with van der Waals surface area (Å²) in [5, 5.41) is 12.4. The summed E-state index contributed by atoms with van der Waals surface area (Å²) in [6.45, 7) is 6.38. The van der Waals surface area contributed by atoms with Gasteiger partial charge in [0.15, 0.2) is 0 Å². The molecule has 0 aromatic rings. The van der Waals surface area contributed by atoms with Crippen molar-refractivity contribution >= 4 is 5.97 Å². The standard InChI is InChI=1S/C11H19NO3/c1-9(2,3)15-8(14)10-4-11(5-10,7-13)12-6-10/h12-13H,4-7H2,1-3H3. The number of ether oxygens (including phenoxy) is 1. The third kappa shape index (κ3) is 1.66. The van der Waals surface area contributed by atoms with Crippen LogP contribution in [0.4, 0.5) is 0 Å². The van der Waals surface area contributed by atoms with Crippen LogP contribution < -0.4 is 5.32 Å². The molecule has 15 heavy (non-hydrogen) atoms. The average molecular weight is 213 g/mol. The Morgan fingerprint density at radius 1 is 1.47 bits per heavy atom. The van der Waals surface area contributed by atoms with Gasteiger partial charge in [0, 0.05) is 12.1 Å². The van der Waals surface area contributed by atoms with Crippen LogP contribution in [0.3, 0.4) is 0 Å². The van der Waals surface area contributed by atoms with Crippen LogP contribution in [0, 0.1) is 5.41 Å². The van der Waals surface area contributed by atoms with Gasteiger partial charge in [-0.05, 0) is 33.6 Å². The number of aliphatic hydroxyl groups is 1. The van der Waals surface area contributed by atoms with Crippen molar-refractivity contribution in [1.82, 2.24) is 5.32 Å². The number of carbonyl (C=O) groups excluding carboxylic acids is 1. The number of rotatable bonds is 2. The van der Waals surface area contributed by atoms with Crippen molar-refractivity contribution < 1.29 is 14.6 Å². The second kappa shape index (κ2) is 2.95. The molecule has 1 saturated carbocycles. The van der Waals surface area contributed by atoms with Crippen molar-refractivity contribution in [3.05, 3.63) is 0 Å². The molecular weight excluding hydrogens is 194 g/mol. The number of fused-ring (bicyclic) bond motifs is 1. The Morgan fingerprint density at radius 2 is 2.07 bits per heavy atom. The number of carbonyl (C=O) groups is 1. The number of esters is 1. The third-order valence-corrected chi connectivity index (χ3v) is 3.29. The monoisotopic (exact) mass is 213 g/mol. The molecule has 3 aliphatic rings. The number of aliphatic hydroxyl groups excluding tert-OH is 1. The maximum atomic E-state index is 11.9. The lowest BCUT2D eigenvalue weighted by atomic mass is 9.62. The molecular formula is C11H19NO3. The fourth-order valence-electron chi connectivity index (χ4n) is 2.62. The fourth-order valence-corrected chi connectivity index (χ4v) is 2.62. The first kappa shape index (κ1) is 10.9. The minimum absolute atomic E-state index is 0.109. The zero-order valence-corrected chi connectivity index (χ0v) is 9.59. The maximum absolute atomic E-state index is 11.9. The normalized spacial score (nSPS) is 38.7. The van der Waals surface area contributed by atoms with E-state index in [-0.39, 0.29) is 23.5 Å². The van der Waals surface area contributed by atoms with Gasteiger partial charge in [-0.15, -0.1) is 0 Å². The summed E-state index contributed by atoms with van der Waals surface area (Å²) < 4.78 is 5.39. The smallest absolute Gasteiger partial charge is 0.314 e. The van der Waals surface area contributed by atoms with E-state index in [0.717, 1.165) is 0 Å². The van der Waals surface area contributed by atoms with Crippen LogP contribution in [0.5, 0.6) is 0 Å². The molecule has 4 nitrogen and oxygen atoms in total. The Balaban J connectivity index is 2.00. The fraction of sp³-hybridized carbons (Fsp3) is 0.909. The van der Waals surface area contributed by atoms with E-state index in [1.165, 1.54) is 0 Å². The molecule has 0 unspecified atom stereocenters. The van der Waals surface area contributed by atoms with E-state index >= 15 is 0 Å². The first-order chi connectivity index (χ1) is 6.81. The molecule has 2 saturated heterocycles. The Bertz CT molecular complexity index is 287. The van der Waals surface area contributed by atoms with Crippen molar-refractivity contribution in [3.8, 4) is 0 Å². The molecule has 2 aliphatic heterocycles. The minimum Gasteiger partial charge on any atom is -0.460 e. The summed E-state index contributed by atoms with van der Waals surface area (Å²) in [7, 11) is 0. The summed E-state index contributed by atoms with van der Waals surface area (Å²) in [5.41, 5.74) is -0.987. The largest absolute Gasteiger partial charge is 0.460 e. The molecule has 86 valence electrons. The van der Waals surface area contributed by atoms with Crippen LogP contribution in [0.1, 0.15) is 33.6 Å². The lowest BCUT2D eigenvalue weighted by Gasteiger charge is -2.44. The molecule has 0 aromatic carbocycles. The van der Waals surface area contributed by atoms with Crippen LogP contribution in [-0.2, 0) is 9.53 Å². The molecule has 0 spiro atoms. The van der Waals surface area contributed by atoms with Crippen molar-refractivity contribution in [3.63, 3.8) is 0 Å². The highest BCUT2D eigenvalue weighted by atomic mass is 16.6. The summed E-state index contributed by atoms with van der Waals surface area (Å²) in [4.78, 5) is 11.9. The highest BCUT2D eigenvalue weighted by Gasteiger charge is 2.65. The summed E-state index contributed by atoms with van der Waals surface area (Å²) >= 11 is 0. The van der Waals surface area contributed by atoms with Crippen molar-refractivity contribution in [2.24, 2.45) is 5.41 Å². The topological polar surface area (TPSA) is 58.6 Å². The quantitative estimate of drug-likeness (QED) is 0.654. The van der Waals surface area contributed by atoms with Gasteiger partial charge < -0.3 is 15.2 Å². The molecule has 0 radical (unpaired) electrons. The summed E-state index contributed by atoms with van der Waals surface area (Å²) in [6.07, 6.45) is 1.43. The van der Waals surface area contributed by atoms with Gasteiger partial charge in [-0.3, -0.25) is 4.79 Å². The van der Waals surface area contributed by atoms with Gasteiger partial charge in [-0.1, -0.05) is 0 Å². The molecule has 1 aliphatic carbocycles. The Morgan fingerprint density at radius 3 is 2.47 bits per heavy atom. The third-order valence-electron chi connectivity index (χ3n) is 3.29. The molecule has 2 N–H and O–H groups in total. The number of hydrogen-bond donors (Lipinski definition) is 2. The molecule has 0 aromatic heterocycles. The van der Waals surface area contributed by atoms with Gasteiger partial charge in [0.05, 0.1) is 12.0 Å². The molecule has 2 bridgehead atoms. The van der Waals surface area contributed by atoms with Gasteiger partial charge in [0.25, 0.3) is 0 Å². The second-order valence-corrected chi connectivity index (χ2v) is 5.93. The molecule has 3 fully saturated rings. The van der Waals surface area contributed by atoms with Crippen molar-refractivity contribution in [1.29, 1.82) is 0 Å². The number of hydrogen-bond acceptors (Lipinski definition) is 4. The van der Waals surface area contributed by atoms with Gasteiger partial charge in [-0.25, -0.2) is 0 Å².